The third kappa shape index (κ3) is 2.08. The highest BCUT2D eigenvalue weighted by Crippen LogP contribution is 2.27. The molecule has 0 amide bonds. The first kappa shape index (κ1) is 11.1. The second-order valence-electron chi connectivity index (χ2n) is 3.49. The smallest absolute Gasteiger partial charge is 0.141 e. The average molecular weight is 236 g/mol. The van der Waals surface area contributed by atoms with Crippen molar-refractivity contribution in [3.63, 3.8) is 0 Å². The molecule has 0 aromatic heterocycles. The molecule has 0 fully saturated rings. The Morgan fingerprint density at radius 2 is 1.88 bits per heavy atom. The van der Waals surface area contributed by atoms with Gasteiger partial charge in [-0.2, -0.15) is 0 Å². The number of nitrogens with two attached hydrogens (primary N) is 1. The van der Waals surface area contributed by atoms with Crippen LogP contribution in [0.3, 0.4) is 0 Å². The standard InChI is InChI=1S/C13H11ClFN/c14-12-7-9(5-6-13(12)15)11-4-2-1-3-10(11)8-16/h1-7H,8,16H2. The van der Waals surface area contributed by atoms with Gasteiger partial charge in [0.15, 0.2) is 0 Å². The highest BCUT2D eigenvalue weighted by Gasteiger charge is 2.06. The maximum Gasteiger partial charge on any atom is 0.141 e. The summed E-state index contributed by atoms with van der Waals surface area (Å²) >= 11 is 5.75. The molecule has 0 radical (unpaired) electrons. The highest BCUT2D eigenvalue weighted by atomic mass is 35.5. The van der Waals surface area contributed by atoms with E-state index in [9.17, 15) is 4.39 Å². The lowest BCUT2D eigenvalue weighted by Crippen LogP contribution is -1.98. The molecule has 0 saturated heterocycles. The molecule has 2 aromatic carbocycles. The number of hydrogen-bond donors (Lipinski definition) is 1. The molecule has 2 N–H and O–H groups in total. The molecule has 0 aliphatic rings. The zero-order valence-electron chi connectivity index (χ0n) is 8.58. The lowest BCUT2D eigenvalue weighted by atomic mass is 10.00. The third-order valence-electron chi connectivity index (χ3n) is 2.47. The van der Waals surface area contributed by atoms with Gasteiger partial charge in [0.05, 0.1) is 5.02 Å². The van der Waals surface area contributed by atoms with Gasteiger partial charge in [-0.05, 0) is 28.8 Å². The molecule has 0 heterocycles. The summed E-state index contributed by atoms with van der Waals surface area (Å²) in [6, 6.07) is 12.4. The monoisotopic (exact) mass is 235 g/mol. The predicted molar refractivity (Wildman–Crippen MR) is 64.7 cm³/mol. The predicted octanol–water partition coefficient (Wildman–Crippen LogP) is 3.60. The lowest BCUT2D eigenvalue weighted by molar-refractivity contribution is 0.628. The molecule has 2 aromatic rings. The Morgan fingerprint density at radius 1 is 1.12 bits per heavy atom. The van der Waals surface area contributed by atoms with Crippen LogP contribution in [-0.4, -0.2) is 0 Å². The molecule has 0 aliphatic heterocycles. The van der Waals surface area contributed by atoms with Crippen molar-refractivity contribution in [1.29, 1.82) is 0 Å². The SMILES string of the molecule is NCc1ccccc1-c1ccc(F)c(Cl)c1. The van der Waals surface area contributed by atoms with Gasteiger partial charge in [0.25, 0.3) is 0 Å². The summed E-state index contributed by atoms with van der Waals surface area (Å²) in [5.41, 5.74) is 8.54. The van der Waals surface area contributed by atoms with E-state index in [2.05, 4.69) is 0 Å². The molecule has 82 valence electrons. The lowest BCUT2D eigenvalue weighted by Gasteiger charge is -2.08. The molecule has 0 atom stereocenters. The normalized spacial score (nSPS) is 10.4. The van der Waals surface area contributed by atoms with Crippen molar-refractivity contribution >= 4 is 11.6 Å². The first-order valence-electron chi connectivity index (χ1n) is 4.96. The average Bonchev–Trinajstić information content (AvgIpc) is 2.32. The maximum absolute atomic E-state index is 13.0. The van der Waals surface area contributed by atoms with Gasteiger partial charge >= 0.3 is 0 Å². The van der Waals surface area contributed by atoms with E-state index in [0.29, 0.717) is 6.54 Å². The van der Waals surface area contributed by atoms with E-state index < -0.39 is 5.82 Å². The summed E-state index contributed by atoms with van der Waals surface area (Å²) in [6.07, 6.45) is 0. The van der Waals surface area contributed by atoms with Crippen LogP contribution in [0, 0.1) is 5.82 Å². The van der Waals surface area contributed by atoms with Crippen molar-refractivity contribution in [3.05, 3.63) is 58.9 Å². The summed E-state index contributed by atoms with van der Waals surface area (Å²) in [7, 11) is 0. The molecule has 16 heavy (non-hydrogen) atoms. The minimum atomic E-state index is -0.407. The van der Waals surface area contributed by atoms with Crippen molar-refractivity contribution in [2.75, 3.05) is 0 Å². The highest BCUT2D eigenvalue weighted by molar-refractivity contribution is 6.31. The van der Waals surface area contributed by atoms with Gasteiger partial charge in [-0.3, -0.25) is 0 Å². The second-order valence-corrected chi connectivity index (χ2v) is 3.90. The molecule has 1 nitrogen and oxygen atoms in total. The van der Waals surface area contributed by atoms with E-state index in [4.69, 9.17) is 17.3 Å². The van der Waals surface area contributed by atoms with Crippen molar-refractivity contribution in [3.8, 4) is 11.1 Å². The molecule has 0 aliphatic carbocycles. The van der Waals surface area contributed by atoms with Crippen LogP contribution in [0.25, 0.3) is 11.1 Å². The van der Waals surface area contributed by atoms with E-state index in [-0.39, 0.29) is 5.02 Å². The molecular weight excluding hydrogens is 225 g/mol. The Balaban J connectivity index is 2.54. The van der Waals surface area contributed by atoms with E-state index in [1.807, 2.05) is 24.3 Å². The fraction of sp³-hybridized carbons (Fsp3) is 0.0769. The first-order chi connectivity index (χ1) is 7.72. The third-order valence-corrected chi connectivity index (χ3v) is 2.76. The first-order valence-corrected chi connectivity index (χ1v) is 5.33. The zero-order chi connectivity index (χ0) is 11.5. The minimum Gasteiger partial charge on any atom is -0.326 e. The van der Waals surface area contributed by atoms with E-state index in [1.54, 1.807) is 12.1 Å². The molecule has 0 spiro atoms. The molecule has 0 unspecified atom stereocenters. The van der Waals surface area contributed by atoms with Crippen LogP contribution in [0.4, 0.5) is 4.39 Å². The Bertz CT molecular complexity index is 511. The topological polar surface area (TPSA) is 26.0 Å². The largest absolute Gasteiger partial charge is 0.326 e. The van der Waals surface area contributed by atoms with Crippen molar-refractivity contribution < 1.29 is 4.39 Å². The van der Waals surface area contributed by atoms with E-state index >= 15 is 0 Å². The Kier molecular flexibility index (Phi) is 3.22. The van der Waals surface area contributed by atoms with Gasteiger partial charge in [0.1, 0.15) is 5.82 Å². The molecular formula is C13H11ClFN. The van der Waals surface area contributed by atoms with Crippen LogP contribution in [0.5, 0.6) is 0 Å². The van der Waals surface area contributed by atoms with Gasteiger partial charge in [-0.15, -0.1) is 0 Å². The number of hydrogen-bond acceptors (Lipinski definition) is 1. The van der Waals surface area contributed by atoms with Gasteiger partial charge in [0, 0.05) is 6.54 Å². The van der Waals surface area contributed by atoms with Crippen LogP contribution in [-0.2, 0) is 6.54 Å². The summed E-state index contributed by atoms with van der Waals surface area (Å²) in [5, 5.41) is 0.129. The minimum absolute atomic E-state index is 0.129. The molecule has 0 bridgehead atoms. The van der Waals surface area contributed by atoms with Crippen molar-refractivity contribution in [2.45, 2.75) is 6.54 Å². The maximum atomic E-state index is 13.0. The summed E-state index contributed by atoms with van der Waals surface area (Å²) in [6.45, 7) is 0.450. The summed E-state index contributed by atoms with van der Waals surface area (Å²) in [5.74, 6) is -0.407. The van der Waals surface area contributed by atoms with Crippen LogP contribution >= 0.6 is 11.6 Å². The molecule has 0 saturated carbocycles. The van der Waals surface area contributed by atoms with Crippen LogP contribution in [0.1, 0.15) is 5.56 Å². The van der Waals surface area contributed by atoms with Gasteiger partial charge < -0.3 is 5.73 Å². The van der Waals surface area contributed by atoms with Gasteiger partial charge in [-0.25, -0.2) is 4.39 Å². The fourth-order valence-corrected chi connectivity index (χ4v) is 1.82. The number of halogens is 2. The van der Waals surface area contributed by atoms with Gasteiger partial charge in [0.2, 0.25) is 0 Å². The molecule has 3 heteroatoms. The Hall–Kier alpha value is -1.38. The van der Waals surface area contributed by atoms with Crippen LogP contribution < -0.4 is 5.73 Å². The van der Waals surface area contributed by atoms with Crippen LogP contribution in [0.2, 0.25) is 5.02 Å². The zero-order valence-corrected chi connectivity index (χ0v) is 9.34. The summed E-state index contributed by atoms with van der Waals surface area (Å²) in [4.78, 5) is 0. The number of rotatable bonds is 2. The molecule has 2 rings (SSSR count). The van der Waals surface area contributed by atoms with Crippen molar-refractivity contribution in [1.82, 2.24) is 0 Å². The summed E-state index contributed by atoms with van der Waals surface area (Å²) < 4.78 is 13.0. The van der Waals surface area contributed by atoms with E-state index in [0.717, 1.165) is 16.7 Å². The number of benzene rings is 2. The van der Waals surface area contributed by atoms with Crippen LogP contribution in [0.15, 0.2) is 42.5 Å². The second kappa shape index (κ2) is 4.64. The fourth-order valence-electron chi connectivity index (χ4n) is 1.64. The van der Waals surface area contributed by atoms with Gasteiger partial charge in [-0.1, -0.05) is 41.9 Å². The Morgan fingerprint density at radius 3 is 2.56 bits per heavy atom. The van der Waals surface area contributed by atoms with E-state index in [1.165, 1.54) is 6.07 Å². The quantitative estimate of drug-likeness (QED) is 0.846. The Labute approximate surface area is 98.7 Å². The van der Waals surface area contributed by atoms with Crippen molar-refractivity contribution in [2.24, 2.45) is 5.73 Å².